The fourth-order valence-corrected chi connectivity index (χ4v) is 4.37. The maximum Gasteiger partial charge on any atom is 0.415 e. The quantitative estimate of drug-likeness (QED) is 0.508. The van der Waals surface area contributed by atoms with E-state index in [-0.39, 0.29) is 18.2 Å². The zero-order chi connectivity index (χ0) is 22.1. The summed E-state index contributed by atoms with van der Waals surface area (Å²) < 4.78 is 5.59. The van der Waals surface area contributed by atoms with Crippen LogP contribution in [0.5, 0.6) is 0 Å². The number of benzene rings is 2. The number of amides is 1. The summed E-state index contributed by atoms with van der Waals surface area (Å²) >= 11 is 0. The first-order valence-corrected chi connectivity index (χ1v) is 10.8. The summed E-state index contributed by atoms with van der Waals surface area (Å²) in [7, 11) is 0. The number of carbonyl (C=O) groups is 1. The van der Waals surface area contributed by atoms with Crippen LogP contribution in [-0.2, 0) is 24.2 Å². The van der Waals surface area contributed by atoms with Crippen molar-refractivity contribution in [3.63, 3.8) is 0 Å². The number of carbonyl (C=O) groups excluding carboxylic acids is 1. The van der Waals surface area contributed by atoms with Crippen molar-refractivity contribution in [2.45, 2.75) is 38.6 Å². The van der Waals surface area contributed by atoms with Crippen LogP contribution in [0.25, 0.3) is 11.1 Å². The number of H-pyrrole nitrogens is 1. The first-order valence-electron chi connectivity index (χ1n) is 10.8. The standard InChI is InChI=1S/C24H26N6O2/c1-15(2)26-14-23-22-10-19-9-18(7-8-21(19)30(22)24(31)32-23)17-5-3-16(4-6-17)11-25-12-20-13-27-29-28-20/h3-9,13,22-23,25-26H,1,10-12,14H2,2H3,(H,27,28,29)/t22-,23-/m0/s1. The highest BCUT2D eigenvalue weighted by Crippen LogP contribution is 2.40. The molecule has 0 unspecified atom stereocenters. The average molecular weight is 431 g/mol. The summed E-state index contributed by atoms with van der Waals surface area (Å²) in [4.78, 5) is 14.3. The summed E-state index contributed by atoms with van der Waals surface area (Å²) in [5.74, 6) is 0. The number of rotatable bonds is 8. The first kappa shape index (κ1) is 20.3. The first-order chi connectivity index (χ1) is 15.6. The summed E-state index contributed by atoms with van der Waals surface area (Å²) in [5, 5.41) is 17.0. The topological polar surface area (TPSA) is 95.2 Å². The van der Waals surface area contributed by atoms with E-state index >= 15 is 0 Å². The third-order valence-corrected chi connectivity index (χ3v) is 5.97. The SMILES string of the molecule is C=C(C)NC[C@@H]1OC(=O)N2c3ccc(-c4ccc(CNCc5c[nH]nn5)cc4)cc3C[C@@H]12. The second-order valence-corrected chi connectivity index (χ2v) is 8.33. The zero-order valence-corrected chi connectivity index (χ0v) is 18.0. The molecule has 0 spiro atoms. The van der Waals surface area contributed by atoms with E-state index < -0.39 is 0 Å². The maximum atomic E-state index is 12.5. The molecule has 0 saturated carbocycles. The number of nitrogens with zero attached hydrogens (tertiary/aromatic N) is 3. The predicted octanol–water partition coefficient (Wildman–Crippen LogP) is 3.13. The number of anilines is 1. The highest BCUT2D eigenvalue weighted by atomic mass is 16.6. The van der Waals surface area contributed by atoms with Crippen LogP contribution < -0.4 is 15.5 Å². The van der Waals surface area contributed by atoms with E-state index in [4.69, 9.17) is 4.74 Å². The van der Waals surface area contributed by atoms with Crippen molar-refractivity contribution in [3.8, 4) is 11.1 Å². The molecule has 32 heavy (non-hydrogen) atoms. The molecule has 0 aliphatic carbocycles. The normalized spacial score (nSPS) is 18.9. The van der Waals surface area contributed by atoms with E-state index in [1.165, 1.54) is 11.1 Å². The van der Waals surface area contributed by atoms with Gasteiger partial charge in [0.25, 0.3) is 0 Å². The highest BCUT2D eigenvalue weighted by molar-refractivity contribution is 5.94. The van der Waals surface area contributed by atoms with Gasteiger partial charge in [0.2, 0.25) is 0 Å². The largest absolute Gasteiger partial charge is 0.442 e. The molecule has 2 aromatic carbocycles. The molecule has 3 aromatic rings. The Morgan fingerprint density at radius 2 is 2.03 bits per heavy atom. The average Bonchev–Trinajstić information content (AvgIpc) is 3.50. The van der Waals surface area contributed by atoms with Gasteiger partial charge in [-0.15, -0.1) is 5.10 Å². The number of nitrogens with one attached hydrogen (secondary N) is 3. The van der Waals surface area contributed by atoms with Crippen LogP contribution in [0.1, 0.15) is 23.7 Å². The van der Waals surface area contributed by atoms with Gasteiger partial charge in [-0.1, -0.05) is 42.1 Å². The lowest BCUT2D eigenvalue weighted by atomic mass is 9.99. The molecule has 3 N–H and O–H groups in total. The second-order valence-electron chi connectivity index (χ2n) is 8.33. The molecule has 1 aromatic heterocycles. The Labute approximate surface area is 186 Å². The van der Waals surface area contributed by atoms with Gasteiger partial charge < -0.3 is 15.4 Å². The molecule has 5 rings (SSSR count). The van der Waals surface area contributed by atoms with E-state index in [1.54, 1.807) is 11.1 Å². The third kappa shape index (κ3) is 3.97. The molecular weight excluding hydrogens is 404 g/mol. The fraction of sp³-hybridized carbons (Fsp3) is 0.292. The number of fused-ring (bicyclic) bond motifs is 3. The van der Waals surface area contributed by atoms with Crippen molar-refractivity contribution < 1.29 is 9.53 Å². The van der Waals surface area contributed by atoms with Crippen LogP contribution in [0.4, 0.5) is 10.5 Å². The lowest BCUT2D eigenvalue weighted by molar-refractivity contribution is 0.131. The molecule has 0 bridgehead atoms. The van der Waals surface area contributed by atoms with Crippen molar-refractivity contribution in [2.75, 3.05) is 11.4 Å². The number of aromatic nitrogens is 3. The van der Waals surface area contributed by atoms with Gasteiger partial charge >= 0.3 is 6.09 Å². The van der Waals surface area contributed by atoms with Gasteiger partial charge in [0.15, 0.2) is 0 Å². The molecule has 2 atom stereocenters. The van der Waals surface area contributed by atoms with Crippen LogP contribution in [-0.4, -0.2) is 40.2 Å². The van der Waals surface area contributed by atoms with E-state index in [0.717, 1.165) is 41.2 Å². The Bertz CT molecular complexity index is 1130. The van der Waals surface area contributed by atoms with Crippen molar-refractivity contribution in [1.29, 1.82) is 0 Å². The van der Waals surface area contributed by atoms with Crippen molar-refractivity contribution in [1.82, 2.24) is 26.0 Å². The van der Waals surface area contributed by atoms with Gasteiger partial charge in [-0.2, -0.15) is 0 Å². The minimum absolute atomic E-state index is 0.0257. The monoisotopic (exact) mass is 430 g/mol. The minimum Gasteiger partial charge on any atom is -0.442 e. The molecule has 1 amide bonds. The highest BCUT2D eigenvalue weighted by Gasteiger charge is 2.47. The molecule has 2 aliphatic rings. The molecule has 8 heteroatoms. The molecule has 8 nitrogen and oxygen atoms in total. The van der Waals surface area contributed by atoms with Gasteiger partial charge in [-0.3, -0.25) is 10.00 Å². The third-order valence-electron chi connectivity index (χ3n) is 5.97. The Hall–Kier alpha value is -3.65. The van der Waals surface area contributed by atoms with Crippen molar-refractivity contribution >= 4 is 11.8 Å². The van der Waals surface area contributed by atoms with Gasteiger partial charge in [-0.05, 0) is 47.7 Å². The van der Waals surface area contributed by atoms with Crippen LogP contribution in [0.3, 0.4) is 0 Å². The summed E-state index contributed by atoms with van der Waals surface area (Å²) in [6.45, 7) is 7.78. The molecule has 1 saturated heterocycles. The number of ether oxygens (including phenoxy) is 1. The molecule has 164 valence electrons. The number of cyclic esters (lactones) is 1. The van der Waals surface area contributed by atoms with Gasteiger partial charge in [0, 0.05) is 25.0 Å². The zero-order valence-electron chi connectivity index (χ0n) is 18.0. The van der Waals surface area contributed by atoms with Gasteiger partial charge in [0.1, 0.15) is 6.10 Å². The number of aromatic amines is 1. The summed E-state index contributed by atoms with van der Waals surface area (Å²) in [6.07, 6.45) is 2.13. The maximum absolute atomic E-state index is 12.5. The minimum atomic E-state index is -0.266. The van der Waals surface area contributed by atoms with Crippen molar-refractivity contribution in [2.24, 2.45) is 0 Å². The Kier molecular flexibility index (Phi) is 5.36. The number of hydrogen-bond acceptors (Lipinski definition) is 6. The van der Waals surface area contributed by atoms with E-state index in [9.17, 15) is 4.79 Å². The lowest BCUT2D eigenvalue weighted by Crippen LogP contribution is -2.38. The van der Waals surface area contributed by atoms with E-state index in [2.05, 4.69) is 69.0 Å². The number of hydrogen-bond donors (Lipinski definition) is 3. The summed E-state index contributed by atoms with van der Waals surface area (Å²) in [6, 6.07) is 14.9. The number of allylic oxidation sites excluding steroid dienone is 1. The van der Waals surface area contributed by atoms with E-state index in [1.807, 2.05) is 13.0 Å². The summed E-state index contributed by atoms with van der Waals surface area (Å²) in [5.41, 5.74) is 7.41. The Morgan fingerprint density at radius 3 is 2.78 bits per heavy atom. The van der Waals surface area contributed by atoms with Crippen LogP contribution >= 0.6 is 0 Å². The molecule has 2 aliphatic heterocycles. The van der Waals surface area contributed by atoms with Gasteiger partial charge in [0.05, 0.1) is 24.0 Å². The van der Waals surface area contributed by atoms with Gasteiger partial charge in [-0.25, -0.2) is 4.79 Å². The second kappa shape index (κ2) is 8.47. The molecular formula is C24H26N6O2. The van der Waals surface area contributed by atoms with Crippen LogP contribution in [0.15, 0.2) is 60.9 Å². The van der Waals surface area contributed by atoms with Crippen LogP contribution in [0, 0.1) is 0 Å². The predicted molar refractivity (Wildman–Crippen MR) is 122 cm³/mol. The Morgan fingerprint density at radius 1 is 1.22 bits per heavy atom. The molecule has 1 fully saturated rings. The molecule has 3 heterocycles. The molecule has 0 radical (unpaired) electrons. The van der Waals surface area contributed by atoms with Crippen LogP contribution in [0.2, 0.25) is 0 Å². The Balaban J connectivity index is 1.26. The lowest BCUT2D eigenvalue weighted by Gasteiger charge is -2.17. The van der Waals surface area contributed by atoms with Crippen molar-refractivity contribution in [3.05, 3.63) is 77.8 Å². The fourth-order valence-electron chi connectivity index (χ4n) is 4.37. The smallest absolute Gasteiger partial charge is 0.415 e. The van der Waals surface area contributed by atoms with E-state index in [0.29, 0.717) is 13.1 Å².